The van der Waals surface area contributed by atoms with Crippen molar-refractivity contribution < 1.29 is 4.39 Å². The summed E-state index contributed by atoms with van der Waals surface area (Å²) in [4.78, 5) is 0. The molecule has 3 nitrogen and oxygen atoms in total. The molecule has 0 radical (unpaired) electrons. The maximum Gasteiger partial charge on any atom is 0.164 e. The third-order valence-electron chi connectivity index (χ3n) is 1.93. The normalized spacial score (nSPS) is 9.93. The summed E-state index contributed by atoms with van der Waals surface area (Å²) in [6.07, 6.45) is 3.20. The largest absolute Gasteiger partial charge is 0.238 e. The molecule has 74 valence electrons. The molecule has 0 atom stereocenters. The lowest BCUT2D eigenvalue weighted by Crippen LogP contribution is -1.99. The highest BCUT2D eigenvalue weighted by Crippen LogP contribution is 2.25. The number of aromatic nitrogens is 2. The second-order valence-corrected chi connectivity index (χ2v) is 3.62. The van der Waals surface area contributed by atoms with Gasteiger partial charge in [-0.05, 0) is 34.1 Å². The number of hydrogen-bond acceptors (Lipinski definition) is 2. The van der Waals surface area contributed by atoms with Gasteiger partial charge in [-0.2, -0.15) is 10.4 Å². The third kappa shape index (κ3) is 1.64. The predicted octanol–water partition coefficient (Wildman–Crippen LogP) is 2.65. The van der Waals surface area contributed by atoms with Gasteiger partial charge in [-0.1, -0.05) is 0 Å². The summed E-state index contributed by atoms with van der Waals surface area (Å²) in [6.45, 7) is 0. The molecule has 0 spiro atoms. The maximum absolute atomic E-state index is 13.8. The SMILES string of the molecule is N#Cc1ccc(-n2cccn2)c(F)c1Br. The lowest BCUT2D eigenvalue weighted by molar-refractivity contribution is 0.604. The van der Waals surface area contributed by atoms with Gasteiger partial charge < -0.3 is 0 Å². The zero-order valence-corrected chi connectivity index (χ0v) is 9.07. The average molecular weight is 266 g/mol. The van der Waals surface area contributed by atoms with Crippen LogP contribution in [-0.2, 0) is 0 Å². The fourth-order valence-corrected chi connectivity index (χ4v) is 1.64. The molecule has 0 saturated carbocycles. The molecular weight excluding hydrogens is 261 g/mol. The minimum Gasteiger partial charge on any atom is -0.238 e. The van der Waals surface area contributed by atoms with Crippen LogP contribution < -0.4 is 0 Å². The molecule has 2 rings (SSSR count). The molecule has 0 bridgehead atoms. The van der Waals surface area contributed by atoms with Crippen LogP contribution in [0.2, 0.25) is 0 Å². The highest BCUT2D eigenvalue weighted by Gasteiger charge is 2.12. The molecule has 15 heavy (non-hydrogen) atoms. The van der Waals surface area contributed by atoms with Gasteiger partial charge in [-0.15, -0.1) is 0 Å². The van der Waals surface area contributed by atoms with E-state index in [1.807, 2.05) is 6.07 Å². The van der Waals surface area contributed by atoms with Crippen molar-refractivity contribution in [3.63, 3.8) is 0 Å². The topological polar surface area (TPSA) is 41.6 Å². The highest BCUT2D eigenvalue weighted by atomic mass is 79.9. The van der Waals surface area contributed by atoms with E-state index in [0.29, 0.717) is 5.69 Å². The summed E-state index contributed by atoms with van der Waals surface area (Å²) in [6, 6.07) is 6.66. The molecule has 0 aliphatic carbocycles. The fourth-order valence-electron chi connectivity index (χ4n) is 1.21. The first-order chi connectivity index (χ1) is 7.24. The molecule has 0 amide bonds. The Morgan fingerprint density at radius 3 is 2.87 bits per heavy atom. The number of halogens is 2. The van der Waals surface area contributed by atoms with Gasteiger partial charge in [-0.3, -0.25) is 0 Å². The second-order valence-electron chi connectivity index (χ2n) is 2.82. The monoisotopic (exact) mass is 265 g/mol. The van der Waals surface area contributed by atoms with Crippen LogP contribution >= 0.6 is 15.9 Å². The van der Waals surface area contributed by atoms with Crippen molar-refractivity contribution >= 4 is 15.9 Å². The molecule has 1 aromatic carbocycles. The first kappa shape index (κ1) is 9.87. The zero-order valence-electron chi connectivity index (χ0n) is 7.48. The Hall–Kier alpha value is -1.67. The number of nitrogens with zero attached hydrogens (tertiary/aromatic N) is 3. The minimum absolute atomic E-state index is 0.165. The number of benzene rings is 1. The lowest BCUT2D eigenvalue weighted by atomic mass is 10.2. The van der Waals surface area contributed by atoms with Crippen LogP contribution in [0.4, 0.5) is 4.39 Å². The number of hydrogen-bond donors (Lipinski definition) is 0. The van der Waals surface area contributed by atoms with Crippen LogP contribution in [0.1, 0.15) is 5.56 Å². The third-order valence-corrected chi connectivity index (χ3v) is 2.71. The predicted molar refractivity (Wildman–Crippen MR) is 55.9 cm³/mol. The number of rotatable bonds is 1. The van der Waals surface area contributed by atoms with Gasteiger partial charge in [0.05, 0.1) is 10.0 Å². The van der Waals surface area contributed by atoms with E-state index >= 15 is 0 Å². The molecule has 0 aliphatic rings. The van der Waals surface area contributed by atoms with E-state index in [1.165, 1.54) is 10.7 Å². The standard InChI is InChI=1S/C10H5BrFN3/c11-9-7(6-13)2-3-8(10(9)12)15-5-1-4-14-15/h1-5H. The molecule has 0 aliphatic heterocycles. The molecule has 0 fully saturated rings. The van der Waals surface area contributed by atoms with Crippen molar-refractivity contribution in [1.82, 2.24) is 9.78 Å². The van der Waals surface area contributed by atoms with Gasteiger partial charge in [0, 0.05) is 12.4 Å². The van der Waals surface area contributed by atoms with Crippen LogP contribution in [0.15, 0.2) is 35.1 Å². The van der Waals surface area contributed by atoms with Crippen molar-refractivity contribution in [3.8, 4) is 11.8 Å². The maximum atomic E-state index is 13.8. The minimum atomic E-state index is -0.488. The van der Waals surface area contributed by atoms with E-state index in [9.17, 15) is 4.39 Å². The molecule has 0 saturated heterocycles. The van der Waals surface area contributed by atoms with Crippen LogP contribution in [0.5, 0.6) is 0 Å². The van der Waals surface area contributed by atoms with Gasteiger partial charge in [-0.25, -0.2) is 9.07 Å². The van der Waals surface area contributed by atoms with E-state index in [2.05, 4.69) is 21.0 Å². The Balaban J connectivity index is 2.62. The molecule has 0 N–H and O–H groups in total. The van der Waals surface area contributed by atoms with Gasteiger partial charge in [0.25, 0.3) is 0 Å². The average Bonchev–Trinajstić information content (AvgIpc) is 2.75. The zero-order chi connectivity index (χ0) is 10.8. The van der Waals surface area contributed by atoms with Crippen molar-refractivity contribution in [1.29, 1.82) is 5.26 Å². The Morgan fingerprint density at radius 2 is 2.27 bits per heavy atom. The van der Waals surface area contributed by atoms with E-state index in [4.69, 9.17) is 5.26 Å². The molecular formula is C10H5BrFN3. The first-order valence-corrected chi connectivity index (χ1v) is 4.91. The van der Waals surface area contributed by atoms with Crippen LogP contribution in [0.3, 0.4) is 0 Å². The molecule has 0 unspecified atom stereocenters. The highest BCUT2D eigenvalue weighted by molar-refractivity contribution is 9.10. The van der Waals surface area contributed by atoms with Gasteiger partial charge >= 0.3 is 0 Å². The van der Waals surface area contributed by atoms with Crippen LogP contribution in [0.25, 0.3) is 5.69 Å². The Bertz CT molecular complexity index is 528. The lowest BCUT2D eigenvalue weighted by Gasteiger charge is -2.05. The van der Waals surface area contributed by atoms with Crippen LogP contribution in [0, 0.1) is 17.1 Å². The van der Waals surface area contributed by atoms with Crippen molar-refractivity contribution in [3.05, 3.63) is 46.4 Å². The molecule has 1 heterocycles. The summed E-state index contributed by atoms with van der Waals surface area (Å²) < 4.78 is 15.3. The Kier molecular flexibility index (Phi) is 2.52. The number of nitriles is 1. The van der Waals surface area contributed by atoms with E-state index in [0.717, 1.165) is 0 Å². The Morgan fingerprint density at radius 1 is 1.47 bits per heavy atom. The van der Waals surface area contributed by atoms with Crippen LogP contribution in [-0.4, -0.2) is 9.78 Å². The second kappa shape index (κ2) is 3.83. The van der Waals surface area contributed by atoms with E-state index < -0.39 is 5.82 Å². The summed E-state index contributed by atoms with van der Waals surface area (Å²) in [5, 5.41) is 12.6. The van der Waals surface area contributed by atoms with E-state index in [-0.39, 0.29) is 10.0 Å². The van der Waals surface area contributed by atoms with Gasteiger partial charge in [0.15, 0.2) is 5.82 Å². The Labute approximate surface area is 93.9 Å². The molecule has 1 aromatic heterocycles. The summed E-state index contributed by atoms with van der Waals surface area (Å²) in [5.74, 6) is -0.488. The molecule has 2 aromatic rings. The summed E-state index contributed by atoms with van der Waals surface area (Å²) in [5.41, 5.74) is 0.578. The fraction of sp³-hybridized carbons (Fsp3) is 0. The quantitative estimate of drug-likeness (QED) is 0.796. The molecule has 5 heteroatoms. The van der Waals surface area contributed by atoms with Gasteiger partial charge in [0.2, 0.25) is 0 Å². The first-order valence-electron chi connectivity index (χ1n) is 4.12. The van der Waals surface area contributed by atoms with E-state index in [1.54, 1.807) is 24.5 Å². The van der Waals surface area contributed by atoms with Crippen molar-refractivity contribution in [2.45, 2.75) is 0 Å². The summed E-state index contributed by atoms with van der Waals surface area (Å²) >= 11 is 3.04. The summed E-state index contributed by atoms with van der Waals surface area (Å²) in [7, 11) is 0. The van der Waals surface area contributed by atoms with Crippen molar-refractivity contribution in [2.24, 2.45) is 0 Å². The smallest absolute Gasteiger partial charge is 0.164 e. The van der Waals surface area contributed by atoms with Gasteiger partial charge in [0.1, 0.15) is 11.8 Å². The van der Waals surface area contributed by atoms with Crippen molar-refractivity contribution in [2.75, 3.05) is 0 Å².